The summed E-state index contributed by atoms with van der Waals surface area (Å²) in [5, 5.41) is 6.71. The van der Waals surface area contributed by atoms with Crippen LogP contribution in [0.2, 0.25) is 0 Å². The molecule has 1 fully saturated rings. The first-order chi connectivity index (χ1) is 12.6. The van der Waals surface area contributed by atoms with Crippen molar-refractivity contribution in [3.8, 4) is 0 Å². The summed E-state index contributed by atoms with van der Waals surface area (Å²) in [6, 6.07) is 10.6. The fourth-order valence-electron chi connectivity index (χ4n) is 3.19. The lowest BCUT2D eigenvalue weighted by atomic mass is 10.2. The second-order valence-corrected chi connectivity index (χ2v) is 7.17. The Morgan fingerprint density at radius 1 is 1.08 bits per heavy atom. The Balaban J connectivity index is 1.60. The van der Waals surface area contributed by atoms with Gasteiger partial charge in [-0.2, -0.15) is 4.98 Å². The molecular formula is C20H30N6. The van der Waals surface area contributed by atoms with Crippen LogP contribution in [0.1, 0.15) is 25.0 Å². The number of aryl methyl sites for hydroxylation is 1. The topological polar surface area (TPSA) is 56.3 Å². The quantitative estimate of drug-likeness (QED) is 0.708. The first-order valence-corrected chi connectivity index (χ1v) is 9.46. The van der Waals surface area contributed by atoms with Crippen LogP contribution in [-0.2, 0) is 0 Å². The number of hydrogen-bond donors (Lipinski definition) is 2. The summed E-state index contributed by atoms with van der Waals surface area (Å²) < 4.78 is 0. The molecule has 1 aromatic carbocycles. The molecule has 0 saturated carbocycles. The smallest absolute Gasteiger partial charge is 0.224 e. The van der Waals surface area contributed by atoms with E-state index in [9.17, 15) is 0 Å². The Kier molecular flexibility index (Phi) is 6.28. The van der Waals surface area contributed by atoms with Crippen LogP contribution in [0.25, 0.3) is 0 Å². The first-order valence-electron chi connectivity index (χ1n) is 9.46. The predicted molar refractivity (Wildman–Crippen MR) is 110 cm³/mol. The molecule has 0 radical (unpaired) electrons. The maximum Gasteiger partial charge on any atom is 0.224 e. The van der Waals surface area contributed by atoms with Gasteiger partial charge in [-0.1, -0.05) is 0 Å². The molecule has 1 aliphatic heterocycles. The molecule has 140 valence electrons. The maximum atomic E-state index is 4.59. The van der Waals surface area contributed by atoms with Crippen molar-refractivity contribution in [1.82, 2.24) is 14.9 Å². The van der Waals surface area contributed by atoms with Crippen molar-refractivity contribution in [2.24, 2.45) is 0 Å². The van der Waals surface area contributed by atoms with Gasteiger partial charge in [0.15, 0.2) is 0 Å². The highest BCUT2D eigenvalue weighted by Gasteiger charge is 2.12. The highest BCUT2D eigenvalue weighted by atomic mass is 15.2. The molecule has 1 aromatic heterocycles. The van der Waals surface area contributed by atoms with Crippen LogP contribution >= 0.6 is 0 Å². The monoisotopic (exact) mass is 354 g/mol. The van der Waals surface area contributed by atoms with Crippen molar-refractivity contribution >= 4 is 23.1 Å². The second-order valence-electron chi connectivity index (χ2n) is 7.17. The molecular weight excluding hydrogens is 324 g/mol. The molecule has 0 amide bonds. The maximum absolute atomic E-state index is 4.59. The van der Waals surface area contributed by atoms with Crippen LogP contribution in [0, 0.1) is 6.92 Å². The van der Waals surface area contributed by atoms with Gasteiger partial charge in [0.05, 0.1) is 0 Å². The van der Waals surface area contributed by atoms with E-state index in [0.29, 0.717) is 5.95 Å². The Morgan fingerprint density at radius 2 is 1.81 bits per heavy atom. The molecule has 0 bridgehead atoms. The van der Waals surface area contributed by atoms with Crippen molar-refractivity contribution in [1.29, 1.82) is 0 Å². The van der Waals surface area contributed by atoms with Crippen molar-refractivity contribution < 1.29 is 0 Å². The number of rotatable bonds is 8. The lowest BCUT2D eigenvalue weighted by Gasteiger charge is -2.18. The van der Waals surface area contributed by atoms with Crippen molar-refractivity contribution in [3.63, 3.8) is 0 Å². The summed E-state index contributed by atoms with van der Waals surface area (Å²) in [5.74, 6) is 1.50. The van der Waals surface area contributed by atoms with Crippen molar-refractivity contribution in [2.45, 2.75) is 26.2 Å². The van der Waals surface area contributed by atoms with Crippen LogP contribution in [-0.4, -0.2) is 55.1 Å². The largest absolute Gasteiger partial charge is 0.372 e. The van der Waals surface area contributed by atoms with Gasteiger partial charge in [0, 0.05) is 42.8 Å². The number of aromatic nitrogens is 2. The zero-order valence-electron chi connectivity index (χ0n) is 16.1. The van der Waals surface area contributed by atoms with E-state index >= 15 is 0 Å². The molecule has 1 saturated heterocycles. The normalized spacial score (nSPS) is 14.1. The fourth-order valence-corrected chi connectivity index (χ4v) is 3.19. The lowest BCUT2D eigenvalue weighted by molar-refractivity contribution is 0.405. The zero-order chi connectivity index (χ0) is 18.4. The van der Waals surface area contributed by atoms with E-state index in [0.717, 1.165) is 36.7 Å². The number of benzene rings is 1. The van der Waals surface area contributed by atoms with E-state index in [1.807, 2.05) is 13.0 Å². The van der Waals surface area contributed by atoms with Crippen LogP contribution in [0.5, 0.6) is 0 Å². The van der Waals surface area contributed by atoms with Gasteiger partial charge < -0.3 is 20.4 Å². The van der Waals surface area contributed by atoms with Crippen LogP contribution in [0.3, 0.4) is 0 Å². The van der Waals surface area contributed by atoms with Gasteiger partial charge in [0.2, 0.25) is 5.95 Å². The summed E-state index contributed by atoms with van der Waals surface area (Å²) in [5.41, 5.74) is 3.30. The Bertz CT molecular complexity index is 692. The molecule has 3 rings (SSSR count). The molecule has 0 atom stereocenters. The Morgan fingerprint density at radius 3 is 2.50 bits per heavy atom. The van der Waals surface area contributed by atoms with Gasteiger partial charge in [-0.3, -0.25) is 0 Å². The SMILES string of the molecule is Cc1cc(Nc2ccc(N3CCCC3)cc2)nc(NCCCN(C)C)n1. The molecule has 2 N–H and O–H groups in total. The van der Waals surface area contributed by atoms with E-state index in [1.54, 1.807) is 0 Å². The fraction of sp³-hybridized carbons (Fsp3) is 0.500. The van der Waals surface area contributed by atoms with Crippen LogP contribution in [0.15, 0.2) is 30.3 Å². The van der Waals surface area contributed by atoms with E-state index in [2.05, 4.69) is 68.8 Å². The average molecular weight is 355 g/mol. The minimum atomic E-state index is 0.681. The van der Waals surface area contributed by atoms with Gasteiger partial charge in [-0.05, 0) is 71.1 Å². The van der Waals surface area contributed by atoms with Gasteiger partial charge in [-0.25, -0.2) is 4.98 Å². The number of nitrogens with one attached hydrogen (secondary N) is 2. The van der Waals surface area contributed by atoms with E-state index in [-0.39, 0.29) is 0 Å². The summed E-state index contributed by atoms with van der Waals surface area (Å²) in [4.78, 5) is 13.7. The Labute approximate surface area is 156 Å². The van der Waals surface area contributed by atoms with Gasteiger partial charge in [0.25, 0.3) is 0 Å². The summed E-state index contributed by atoms with van der Waals surface area (Å²) >= 11 is 0. The lowest BCUT2D eigenvalue weighted by Crippen LogP contribution is -2.17. The highest BCUT2D eigenvalue weighted by Crippen LogP contribution is 2.23. The molecule has 1 aliphatic rings. The standard InChI is InChI=1S/C20H30N6/c1-16-15-19(24-20(22-16)21-11-6-12-25(2)3)23-17-7-9-18(10-8-17)26-13-4-5-14-26/h7-10,15H,4-6,11-14H2,1-3H3,(H2,21,22,23,24). The molecule has 0 unspecified atom stereocenters. The third-order valence-corrected chi connectivity index (χ3v) is 4.53. The average Bonchev–Trinajstić information content (AvgIpc) is 3.13. The zero-order valence-corrected chi connectivity index (χ0v) is 16.1. The highest BCUT2D eigenvalue weighted by molar-refractivity contribution is 5.61. The van der Waals surface area contributed by atoms with E-state index in [4.69, 9.17) is 0 Å². The third-order valence-electron chi connectivity index (χ3n) is 4.53. The van der Waals surface area contributed by atoms with Crippen LogP contribution < -0.4 is 15.5 Å². The van der Waals surface area contributed by atoms with Gasteiger partial charge >= 0.3 is 0 Å². The van der Waals surface area contributed by atoms with E-state index < -0.39 is 0 Å². The molecule has 6 heteroatoms. The molecule has 26 heavy (non-hydrogen) atoms. The molecule has 2 aromatic rings. The molecule has 0 aliphatic carbocycles. The predicted octanol–water partition coefficient (Wildman–Crippen LogP) is 3.49. The minimum absolute atomic E-state index is 0.681. The molecule has 0 spiro atoms. The Hall–Kier alpha value is -2.34. The second kappa shape index (κ2) is 8.85. The number of anilines is 4. The first kappa shape index (κ1) is 18.5. The summed E-state index contributed by atoms with van der Waals surface area (Å²) in [7, 11) is 4.17. The number of hydrogen-bond acceptors (Lipinski definition) is 6. The minimum Gasteiger partial charge on any atom is -0.372 e. The summed E-state index contributed by atoms with van der Waals surface area (Å²) in [6.45, 7) is 6.24. The van der Waals surface area contributed by atoms with Crippen molar-refractivity contribution in [3.05, 3.63) is 36.0 Å². The third kappa shape index (κ3) is 5.33. The number of nitrogens with zero attached hydrogens (tertiary/aromatic N) is 4. The molecule has 6 nitrogen and oxygen atoms in total. The van der Waals surface area contributed by atoms with Gasteiger partial charge in [-0.15, -0.1) is 0 Å². The van der Waals surface area contributed by atoms with Crippen molar-refractivity contribution in [2.75, 3.05) is 55.8 Å². The van der Waals surface area contributed by atoms with Gasteiger partial charge in [0.1, 0.15) is 5.82 Å². The molecule has 2 heterocycles. The van der Waals surface area contributed by atoms with Crippen LogP contribution in [0.4, 0.5) is 23.1 Å². The summed E-state index contributed by atoms with van der Waals surface area (Å²) in [6.07, 6.45) is 3.65. The van der Waals surface area contributed by atoms with E-state index in [1.165, 1.54) is 31.6 Å².